The van der Waals surface area contributed by atoms with E-state index < -0.39 is 0 Å². The van der Waals surface area contributed by atoms with E-state index in [0.29, 0.717) is 10.7 Å². The van der Waals surface area contributed by atoms with Crippen molar-refractivity contribution in [2.45, 2.75) is 6.92 Å². The van der Waals surface area contributed by atoms with Gasteiger partial charge in [-0.1, -0.05) is 29.3 Å². The van der Waals surface area contributed by atoms with Gasteiger partial charge in [-0.15, -0.1) is 0 Å². The lowest BCUT2D eigenvalue weighted by molar-refractivity contribution is 0.102. The molecule has 0 saturated heterocycles. The van der Waals surface area contributed by atoms with E-state index in [-0.39, 0.29) is 22.3 Å². The highest BCUT2D eigenvalue weighted by molar-refractivity contribution is 6.34. The first-order chi connectivity index (χ1) is 8.97. The number of hydrogen-bond acceptors (Lipinski definition) is 3. The number of anilines is 2. The second-order valence-electron chi connectivity index (χ2n) is 4.03. The Labute approximate surface area is 120 Å². The molecule has 6 heteroatoms. The first kappa shape index (κ1) is 13.6. The van der Waals surface area contributed by atoms with E-state index in [1.807, 2.05) is 13.0 Å². The normalized spacial score (nSPS) is 10.3. The largest absolute Gasteiger partial charge is 0.397 e. The second kappa shape index (κ2) is 5.47. The molecule has 0 radical (unpaired) electrons. The van der Waals surface area contributed by atoms with Gasteiger partial charge in [0, 0.05) is 0 Å². The number of benzene rings is 1. The third-order valence-electron chi connectivity index (χ3n) is 2.52. The Bertz CT molecular complexity index is 644. The van der Waals surface area contributed by atoms with Crippen molar-refractivity contribution in [1.29, 1.82) is 0 Å². The Morgan fingerprint density at radius 2 is 2.05 bits per heavy atom. The number of carbonyl (C=O) groups excluding carboxylic acids is 1. The predicted molar refractivity (Wildman–Crippen MR) is 77.8 cm³/mol. The van der Waals surface area contributed by atoms with E-state index in [0.717, 1.165) is 5.56 Å². The maximum Gasteiger partial charge on any atom is 0.257 e. The van der Waals surface area contributed by atoms with Crippen molar-refractivity contribution >= 4 is 40.5 Å². The Morgan fingerprint density at radius 3 is 2.79 bits per heavy atom. The molecule has 1 amide bonds. The molecule has 0 aliphatic rings. The van der Waals surface area contributed by atoms with Gasteiger partial charge in [0.15, 0.2) is 0 Å². The Morgan fingerprint density at radius 1 is 1.32 bits per heavy atom. The molecule has 1 aromatic heterocycles. The number of hydrogen-bond donors (Lipinski definition) is 2. The molecule has 0 unspecified atom stereocenters. The highest BCUT2D eigenvalue weighted by Crippen LogP contribution is 2.24. The van der Waals surface area contributed by atoms with Crippen LogP contribution in [0.5, 0.6) is 0 Å². The molecule has 0 aliphatic carbocycles. The molecule has 1 heterocycles. The van der Waals surface area contributed by atoms with Crippen molar-refractivity contribution in [2.75, 3.05) is 11.1 Å². The average Bonchev–Trinajstić information content (AvgIpc) is 2.36. The van der Waals surface area contributed by atoms with Crippen molar-refractivity contribution in [3.05, 3.63) is 51.8 Å². The zero-order valence-corrected chi connectivity index (χ0v) is 11.6. The number of nitrogen functional groups attached to an aromatic ring is 1. The van der Waals surface area contributed by atoms with Crippen LogP contribution < -0.4 is 11.1 Å². The van der Waals surface area contributed by atoms with E-state index in [4.69, 9.17) is 28.9 Å². The zero-order chi connectivity index (χ0) is 14.0. The van der Waals surface area contributed by atoms with Crippen LogP contribution in [-0.2, 0) is 0 Å². The quantitative estimate of drug-likeness (QED) is 0.833. The predicted octanol–water partition coefficient (Wildman–Crippen LogP) is 3.53. The number of halogens is 2. The van der Waals surface area contributed by atoms with Gasteiger partial charge < -0.3 is 11.1 Å². The van der Waals surface area contributed by atoms with E-state index in [1.54, 1.807) is 12.1 Å². The fraction of sp³-hybridized carbons (Fsp3) is 0.0769. The SMILES string of the molecule is Cc1ccc(Cl)c(NC(=O)c2cc(Cl)ncc2N)c1. The molecule has 0 bridgehead atoms. The third kappa shape index (κ3) is 3.16. The first-order valence-electron chi connectivity index (χ1n) is 5.46. The van der Waals surface area contributed by atoms with Gasteiger partial charge in [0.25, 0.3) is 5.91 Å². The van der Waals surface area contributed by atoms with E-state index in [2.05, 4.69) is 10.3 Å². The molecule has 0 spiro atoms. The summed E-state index contributed by atoms with van der Waals surface area (Å²) in [5.41, 5.74) is 7.73. The molecule has 0 saturated carbocycles. The van der Waals surface area contributed by atoms with Crippen LogP contribution in [0.1, 0.15) is 15.9 Å². The van der Waals surface area contributed by atoms with E-state index in [9.17, 15) is 4.79 Å². The van der Waals surface area contributed by atoms with E-state index >= 15 is 0 Å². The number of nitrogens with zero attached hydrogens (tertiary/aromatic N) is 1. The number of carbonyl (C=O) groups is 1. The molecular weight excluding hydrogens is 285 g/mol. The zero-order valence-electron chi connectivity index (χ0n) is 10.1. The van der Waals surface area contributed by atoms with Crippen molar-refractivity contribution in [1.82, 2.24) is 4.98 Å². The van der Waals surface area contributed by atoms with Crippen LogP contribution in [0.15, 0.2) is 30.5 Å². The van der Waals surface area contributed by atoms with Gasteiger partial charge in [0.05, 0.1) is 28.2 Å². The summed E-state index contributed by atoms with van der Waals surface area (Å²) in [5, 5.41) is 3.36. The number of pyridine rings is 1. The lowest BCUT2D eigenvalue weighted by atomic mass is 10.2. The molecule has 3 N–H and O–H groups in total. The van der Waals surface area contributed by atoms with Crippen molar-refractivity contribution < 1.29 is 4.79 Å². The second-order valence-corrected chi connectivity index (χ2v) is 4.83. The number of nitrogens with one attached hydrogen (secondary N) is 1. The highest BCUT2D eigenvalue weighted by Gasteiger charge is 2.13. The highest BCUT2D eigenvalue weighted by atomic mass is 35.5. The molecule has 19 heavy (non-hydrogen) atoms. The summed E-state index contributed by atoms with van der Waals surface area (Å²) in [4.78, 5) is 15.9. The molecule has 4 nitrogen and oxygen atoms in total. The number of amides is 1. The first-order valence-corrected chi connectivity index (χ1v) is 6.21. The standard InChI is InChI=1S/C13H11Cl2N3O/c1-7-2-3-9(14)11(4-7)18-13(19)8-5-12(15)17-6-10(8)16/h2-6H,16H2,1H3,(H,18,19). The molecule has 0 atom stereocenters. The van der Waals surface area contributed by atoms with E-state index in [1.165, 1.54) is 12.3 Å². The fourth-order valence-electron chi connectivity index (χ4n) is 1.56. The molecule has 0 aliphatic heterocycles. The van der Waals surface area contributed by atoms with Crippen LogP contribution in [0.4, 0.5) is 11.4 Å². The minimum Gasteiger partial charge on any atom is -0.397 e. The minimum absolute atomic E-state index is 0.203. The van der Waals surface area contributed by atoms with Crippen molar-refractivity contribution in [3.8, 4) is 0 Å². The Hall–Kier alpha value is -1.78. The fourth-order valence-corrected chi connectivity index (χ4v) is 1.88. The van der Waals surface area contributed by atoms with Crippen LogP contribution in [0.3, 0.4) is 0 Å². The number of nitrogens with two attached hydrogens (primary N) is 1. The third-order valence-corrected chi connectivity index (χ3v) is 3.05. The molecule has 1 aromatic carbocycles. The van der Waals surface area contributed by atoms with Gasteiger partial charge in [-0.3, -0.25) is 4.79 Å². The minimum atomic E-state index is -0.380. The number of aromatic nitrogens is 1. The Kier molecular flexibility index (Phi) is 3.93. The maximum atomic E-state index is 12.1. The van der Waals surface area contributed by atoms with Gasteiger partial charge in [-0.25, -0.2) is 4.98 Å². The number of aryl methyl sites for hydroxylation is 1. The van der Waals surface area contributed by atoms with Gasteiger partial charge in [0.2, 0.25) is 0 Å². The lowest BCUT2D eigenvalue weighted by Gasteiger charge is -2.09. The molecule has 2 rings (SSSR count). The van der Waals surface area contributed by atoms with Crippen LogP contribution in [-0.4, -0.2) is 10.9 Å². The maximum absolute atomic E-state index is 12.1. The van der Waals surface area contributed by atoms with Crippen LogP contribution in [0, 0.1) is 6.92 Å². The van der Waals surface area contributed by atoms with Crippen LogP contribution >= 0.6 is 23.2 Å². The molecule has 98 valence electrons. The topological polar surface area (TPSA) is 68.0 Å². The van der Waals surface area contributed by atoms with Gasteiger partial charge in [-0.05, 0) is 30.7 Å². The van der Waals surface area contributed by atoms with Crippen molar-refractivity contribution in [2.24, 2.45) is 0 Å². The molecule has 2 aromatic rings. The average molecular weight is 296 g/mol. The molecular formula is C13H11Cl2N3O. The smallest absolute Gasteiger partial charge is 0.257 e. The Balaban J connectivity index is 2.30. The summed E-state index contributed by atoms with van der Waals surface area (Å²) in [6.07, 6.45) is 1.34. The van der Waals surface area contributed by atoms with Crippen LogP contribution in [0.2, 0.25) is 10.2 Å². The summed E-state index contributed by atoms with van der Waals surface area (Å²) in [5.74, 6) is -0.380. The lowest BCUT2D eigenvalue weighted by Crippen LogP contribution is -2.14. The monoisotopic (exact) mass is 295 g/mol. The summed E-state index contributed by atoms with van der Waals surface area (Å²) in [7, 11) is 0. The summed E-state index contributed by atoms with van der Waals surface area (Å²) >= 11 is 11.8. The molecule has 0 fully saturated rings. The number of rotatable bonds is 2. The summed E-state index contributed by atoms with van der Waals surface area (Å²) < 4.78 is 0. The van der Waals surface area contributed by atoms with Gasteiger partial charge >= 0.3 is 0 Å². The van der Waals surface area contributed by atoms with Crippen LogP contribution in [0.25, 0.3) is 0 Å². The van der Waals surface area contributed by atoms with Gasteiger partial charge in [0.1, 0.15) is 5.15 Å². The van der Waals surface area contributed by atoms with Crippen molar-refractivity contribution in [3.63, 3.8) is 0 Å². The van der Waals surface area contributed by atoms with Gasteiger partial charge in [-0.2, -0.15) is 0 Å². The summed E-state index contributed by atoms with van der Waals surface area (Å²) in [6.45, 7) is 1.91. The summed E-state index contributed by atoms with van der Waals surface area (Å²) in [6, 6.07) is 6.76.